The second kappa shape index (κ2) is 9.61. The van der Waals surface area contributed by atoms with Gasteiger partial charge in [0.25, 0.3) is 0 Å². The molecule has 0 aliphatic heterocycles. The van der Waals surface area contributed by atoms with E-state index in [0.29, 0.717) is 6.42 Å². The summed E-state index contributed by atoms with van der Waals surface area (Å²) >= 11 is 0. The number of carbonyl (C=O) groups excluding carboxylic acids is 1. The highest BCUT2D eigenvalue weighted by atomic mass is 16.5. The molecule has 0 bridgehead atoms. The third kappa shape index (κ3) is 5.62. The molecule has 0 saturated carbocycles. The van der Waals surface area contributed by atoms with E-state index in [2.05, 4.69) is 23.5 Å². The van der Waals surface area contributed by atoms with Gasteiger partial charge in [-0.25, -0.2) is 5.43 Å². The van der Waals surface area contributed by atoms with E-state index in [4.69, 9.17) is 9.47 Å². The molecule has 0 aromatic heterocycles. The molecule has 0 radical (unpaired) electrons. The van der Waals surface area contributed by atoms with Crippen LogP contribution in [-0.4, -0.2) is 26.3 Å². The van der Waals surface area contributed by atoms with Gasteiger partial charge in [0.15, 0.2) is 0 Å². The maximum atomic E-state index is 11.9. The number of hydrogen-bond donors (Lipinski definition) is 1. The van der Waals surface area contributed by atoms with Crippen LogP contribution < -0.4 is 14.9 Å². The number of hydrazone groups is 1. The smallest absolute Gasteiger partial charge is 0.240 e. The Morgan fingerprint density at radius 1 is 1.08 bits per heavy atom. The number of carbonyl (C=O) groups is 1. The van der Waals surface area contributed by atoms with Gasteiger partial charge in [-0.1, -0.05) is 6.07 Å². The van der Waals surface area contributed by atoms with E-state index in [-0.39, 0.29) is 5.91 Å². The third-order valence-electron chi connectivity index (χ3n) is 4.22. The topological polar surface area (TPSA) is 59.9 Å². The van der Waals surface area contributed by atoms with Crippen LogP contribution in [0.1, 0.15) is 35.1 Å². The Hall–Kier alpha value is -2.82. The number of amides is 1. The highest BCUT2D eigenvalue weighted by Gasteiger charge is 2.04. The van der Waals surface area contributed by atoms with E-state index >= 15 is 0 Å². The molecule has 0 heterocycles. The van der Waals surface area contributed by atoms with E-state index in [1.54, 1.807) is 20.4 Å². The Morgan fingerprint density at radius 2 is 1.88 bits per heavy atom. The Morgan fingerprint density at radius 3 is 2.54 bits per heavy atom. The normalized spacial score (nSPS) is 10.8. The molecule has 0 unspecified atom stereocenters. The summed E-state index contributed by atoms with van der Waals surface area (Å²) in [6.45, 7) is 4.02. The first-order valence-electron chi connectivity index (χ1n) is 8.63. The number of nitrogens with zero attached hydrogens (tertiary/aromatic N) is 1. The van der Waals surface area contributed by atoms with Crippen molar-refractivity contribution in [2.24, 2.45) is 5.10 Å². The van der Waals surface area contributed by atoms with Gasteiger partial charge in [0, 0.05) is 6.42 Å². The van der Waals surface area contributed by atoms with Gasteiger partial charge in [-0.3, -0.25) is 4.79 Å². The summed E-state index contributed by atoms with van der Waals surface area (Å²) in [7, 11) is 3.30. The minimum absolute atomic E-state index is 0.0855. The fraction of sp³-hybridized carbons (Fsp3) is 0.333. The molecule has 0 atom stereocenters. The molecule has 138 valence electrons. The van der Waals surface area contributed by atoms with Gasteiger partial charge in [-0.2, -0.15) is 5.10 Å². The summed E-state index contributed by atoms with van der Waals surface area (Å²) in [5, 5.41) is 4.02. The van der Waals surface area contributed by atoms with Crippen LogP contribution >= 0.6 is 0 Å². The van der Waals surface area contributed by atoms with Crippen LogP contribution in [0.3, 0.4) is 0 Å². The minimum atomic E-state index is -0.0855. The molecule has 2 aromatic carbocycles. The van der Waals surface area contributed by atoms with Gasteiger partial charge in [-0.05, 0) is 79.3 Å². The predicted octanol–water partition coefficient (Wildman–Crippen LogP) is 3.79. The zero-order valence-corrected chi connectivity index (χ0v) is 15.8. The Bertz CT molecular complexity index is 785. The maximum Gasteiger partial charge on any atom is 0.240 e. The number of benzene rings is 2. The summed E-state index contributed by atoms with van der Waals surface area (Å²) < 4.78 is 10.4. The van der Waals surface area contributed by atoms with Gasteiger partial charge in [0.2, 0.25) is 5.91 Å². The molecular formula is C21H26N2O3. The number of methoxy groups -OCH3 is 2. The Kier molecular flexibility index (Phi) is 7.21. The van der Waals surface area contributed by atoms with Crippen LogP contribution in [0.2, 0.25) is 0 Å². The van der Waals surface area contributed by atoms with Crippen LogP contribution in [0, 0.1) is 13.8 Å². The summed E-state index contributed by atoms with van der Waals surface area (Å²) in [4.78, 5) is 11.9. The summed E-state index contributed by atoms with van der Waals surface area (Å²) in [6, 6.07) is 11.8. The van der Waals surface area contributed by atoms with Gasteiger partial charge < -0.3 is 9.47 Å². The van der Waals surface area contributed by atoms with E-state index in [1.165, 1.54) is 11.1 Å². The fourth-order valence-electron chi connectivity index (χ4n) is 2.73. The van der Waals surface area contributed by atoms with Crippen LogP contribution in [0.5, 0.6) is 11.5 Å². The summed E-state index contributed by atoms with van der Waals surface area (Å²) in [5.74, 6) is 1.60. The molecule has 0 spiro atoms. The van der Waals surface area contributed by atoms with Crippen molar-refractivity contribution in [3.8, 4) is 11.5 Å². The SMILES string of the molecule is COc1ccc(CCCC(=O)N/N=C\c2ccc(OC)c(C)c2)c(C)c1. The van der Waals surface area contributed by atoms with Crippen LogP contribution in [0.4, 0.5) is 0 Å². The molecule has 0 aliphatic carbocycles. The average Bonchev–Trinajstić information content (AvgIpc) is 2.63. The molecule has 0 fully saturated rings. The van der Waals surface area contributed by atoms with Crippen molar-refractivity contribution in [2.75, 3.05) is 14.2 Å². The first-order valence-corrected chi connectivity index (χ1v) is 8.63. The van der Waals surface area contributed by atoms with Crippen molar-refractivity contribution in [2.45, 2.75) is 33.1 Å². The summed E-state index contributed by atoms with van der Waals surface area (Å²) in [5.41, 5.74) is 6.93. The van der Waals surface area contributed by atoms with Crippen molar-refractivity contribution in [1.29, 1.82) is 0 Å². The molecule has 2 aromatic rings. The van der Waals surface area contributed by atoms with Gasteiger partial charge >= 0.3 is 0 Å². The molecule has 5 nitrogen and oxygen atoms in total. The Labute approximate surface area is 155 Å². The lowest BCUT2D eigenvalue weighted by Gasteiger charge is -2.07. The minimum Gasteiger partial charge on any atom is -0.497 e. The van der Waals surface area contributed by atoms with Gasteiger partial charge in [0.1, 0.15) is 11.5 Å². The molecule has 2 rings (SSSR count). The quantitative estimate of drug-likeness (QED) is 0.579. The molecule has 0 aliphatic rings. The number of hydrogen-bond acceptors (Lipinski definition) is 4. The largest absolute Gasteiger partial charge is 0.497 e. The van der Waals surface area contributed by atoms with E-state index < -0.39 is 0 Å². The number of ether oxygens (including phenoxy) is 2. The van der Waals surface area contributed by atoms with Crippen molar-refractivity contribution in [3.63, 3.8) is 0 Å². The van der Waals surface area contributed by atoms with Crippen LogP contribution in [0.25, 0.3) is 0 Å². The highest BCUT2D eigenvalue weighted by molar-refractivity contribution is 5.82. The zero-order chi connectivity index (χ0) is 18.9. The van der Waals surface area contributed by atoms with E-state index in [9.17, 15) is 4.79 Å². The first-order chi connectivity index (χ1) is 12.5. The number of aryl methyl sites for hydroxylation is 3. The fourth-order valence-corrected chi connectivity index (χ4v) is 2.73. The predicted molar refractivity (Wildman–Crippen MR) is 104 cm³/mol. The zero-order valence-electron chi connectivity index (χ0n) is 15.8. The third-order valence-corrected chi connectivity index (χ3v) is 4.22. The molecule has 0 saturated heterocycles. The first kappa shape index (κ1) is 19.5. The Balaban J connectivity index is 1.77. The number of nitrogens with one attached hydrogen (secondary N) is 1. The molecule has 1 amide bonds. The number of rotatable bonds is 8. The molecule has 5 heteroatoms. The van der Waals surface area contributed by atoms with E-state index in [0.717, 1.165) is 35.5 Å². The molecule has 1 N–H and O–H groups in total. The molecular weight excluding hydrogens is 328 g/mol. The second-order valence-electron chi connectivity index (χ2n) is 6.17. The van der Waals surface area contributed by atoms with Gasteiger partial charge in [-0.15, -0.1) is 0 Å². The van der Waals surface area contributed by atoms with Crippen molar-refractivity contribution in [3.05, 3.63) is 58.7 Å². The lowest BCUT2D eigenvalue weighted by Crippen LogP contribution is -2.17. The maximum absolute atomic E-state index is 11.9. The van der Waals surface area contributed by atoms with Crippen LogP contribution in [0.15, 0.2) is 41.5 Å². The van der Waals surface area contributed by atoms with Gasteiger partial charge in [0.05, 0.1) is 20.4 Å². The lowest BCUT2D eigenvalue weighted by atomic mass is 10.0. The molecule has 26 heavy (non-hydrogen) atoms. The lowest BCUT2D eigenvalue weighted by molar-refractivity contribution is -0.121. The van der Waals surface area contributed by atoms with Crippen molar-refractivity contribution in [1.82, 2.24) is 5.43 Å². The monoisotopic (exact) mass is 354 g/mol. The van der Waals surface area contributed by atoms with Crippen LogP contribution in [-0.2, 0) is 11.2 Å². The second-order valence-corrected chi connectivity index (χ2v) is 6.17. The summed E-state index contributed by atoms with van der Waals surface area (Å²) in [6.07, 6.45) is 3.70. The van der Waals surface area contributed by atoms with Crippen molar-refractivity contribution >= 4 is 12.1 Å². The van der Waals surface area contributed by atoms with E-state index in [1.807, 2.05) is 37.3 Å². The van der Waals surface area contributed by atoms with Crippen molar-refractivity contribution < 1.29 is 14.3 Å². The average molecular weight is 354 g/mol. The highest BCUT2D eigenvalue weighted by Crippen LogP contribution is 2.19. The standard InChI is InChI=1S/C21H26N2O3/c1-15-13-19(25-3)10-9-18(15)6-5-7-21(24)23-22-14-17-8-11-20(26-4)16(2)12-17/h8-14H,5-7H2,1-4H3,(H,23,24)/b22-14-.